The van der Waals surface area contributed by atoms with Crippen LogP contribution in [0.3, 0.4) is 0 Å². The van der Waals surface area contributed by atoms with Crippen molar-refractivity contribution in [2.24, 2.45) is 5.41 Å². The van der Waals surface area contributed by atoms with Gasteiger partial charge < -0.3 is 10.2 Å². The monoisotopic (exact) mass is 302 g/mol. The second-order valence-corrected chi connectivity index (χ2v) is 6.82. The Morgan fingerprint density at radius 1 is 1.23 bits per heavy atom. The molecule has 5 heteroatoms. The molecule has 1 aromatic rings. The van der Waals surface area contributed by atoms with Crippen LogP contribution in [0.1, 0.15) is 37.7 Å². The molecule has 0 atom stereocenters. The standard InChI is InChI=1S/C17H19FN2O2/c1-19-14(21)17(8-9-17)15(22)20-10-16(6-3-7-16)13-11(18)4-2-5-12(13)20/h2,4-5H,3,6-10H2,1H3,(H,19,21). The van der Waals surface area contributed by atoms with Crippen LogP contribution in [0.15, 0.2) is 18.2 Å². The Kier molecular flexibility index (Phi) is 2.69. The van der Waals surface area contributed by atoms with Gasteiger partial charge in [-0.05, 0) is 37.8 Å². The molecule has 1 spiro atoms. The molecule has 0 bridgehead atoms. The van der Waals surface area contributed by atoms with Crippen molar-refractivity contribution in [2.45, 2.75) is 37.5 Å². The number of anilines is 1. The number of rotatable bonds is 2. The fourth-order valence-corrected chi connectivity index (χ4v) is 4.08. The number of halogens is 1. The Morgan fingerprint density at radius 2 is 1.95 bits per heavy atom. The molecule has 4 rings (SSSR count). The lowest BCUT2D eigenvalue weighted by atomic mass is 9.65. The number of hydrogen-bond donors (Lipinski definition) is 1. The molecule has 3 aliphatic rings. The minimum Gasteiger partial charge on any atom is -0.358 e. The summed E-state index contributed by atoms with van der Waals surface area (Å²) in [4.78, 5) is 26.7. The first-order chi connectivity index (χ1) is 10.5. The first kappa shape index (κ1) is 13.7. The molecular formula is C17H19FN2O2. The second kappa shape index (κ2) is 4.31. The molecule has 1 N–H and O–H groups in total. The maximum Gasteiger partial charge on any atom is 0.242 e. The van der Waals surface area contributed by atoms with Gasteiger partial charge >= 0.3 is 0 Å². The summed E-state index contributed by atoms with van der Waals surface area (Å²) < 4.78 is 14.4. The van der Waals surface area contributed by atoms with Crippen molar-refractivity contribution in [1.82, 2.24) is 5.32 Å². The van der Waals surface area contributed by atoms with Gasteiger partial charge in [-0.1, -0.05) is 12.5 Å². The van der Waals surface area contributed by atoms with Crippen LogP contribution in [0, 0.1) is 11.2 Å². The quantitative estimate of drug-likeness (QED) is 0.851. The second-order valence-electron chi connectivity index (χ2n) is 6.82. The molecule has 1 aliphatic heterocycles. The summed E-state index contributed by atoms with van der Waals surface area (Å²) in [5.41, 5.74) is 0.199. The average Bonchev–Trinajstić information content (AvgIpc) is 3.20. The van der Waals surface area contributed by atoms with Gasteiger partial charge in [-0.25, -0.2) is 4.39 Å². The van der Waals surface area contributed by atoms with Crippen molar-refractivity contribution in [3.8, 4) is 0 Å². The summed E-state index contributed by atoms with van der Waals surface area (Å²) in [6.45, 7) is 0.515. The summed E-state index contributed by atoms with van der Waals surface area (Å²) in [6, 6.07) is 4.92. The highest BCUT2D eigenvalue weighted by molar-refractivity contribution is 6.14. The molecule has 22 heavy (non-hydrogen) atoms. The molecule has 2 aliphatic carbocycles. The molecule has 0 saturated heterocycles. The molecule has 2 saturated carbocycles. The van der Waals surface area contributed by atoms with Crippen LogP contribution < -0.4 is 10.2 Å². The number of benzene rings is 1. The highest BCUT2D eigenvalue weighted by Gasteiger charge is 2.61. The van der Waals surface area contributed by atoms with E-state index in [1.807, 2.05) is 6.07 Å². The van der Waals surface area contributed by atoms with Gasteiger partial charge in [0.05, 0.1) is 5.69 Å². The number of amides is 2. The molecule has 2 fully saturated rings. The zero-order chi connectivity index (χ0) is 15.5. The third-order valence-corrected chi connectivity index (χ3v) is 5.65. The zero-order valence-corrected chi connectivity index (χ0v) is 12.6. The van der Waals surface area contributed by atoms with Gasteiger partial charge in [-0.15, -0.1) is 0 Å². The van der Waals surface area contributed by atoms with Crippen molar-refractivity contribution < 1.29 is 14.0 Å². The number of nitrogens with one attached hydrogen (secondary N) is 1. The lowest BCUT2D eigenvalue weighted by Crippen LogP contribution is -2.47. The molecule has 116 valence electrons. The number of carbonyl (C=O) groups excluding carboxylic acids is 2. The van der Waals surface area contributed by atoms with Gasteiger partial charge in [-0.2, -0.15) is 0 Å². The van der Waals surface area contributed by atoms with Crippen LogP contribution in [0.4, 0.5) is 10.1 Å². The fraction of sp³-hybridized carbons (Fsp3) is 0.529. The van der Waals surface area contributed by atoms with Crippen LogP contribution in [0.5, 0.6) is 0 Å². The van der Waals surface area contributed by atoms with Crippen molar-refractivity contribution in [3.05, 3.63) is 29.6 Å². The number of hydrogen-bond acceptors (Lipinski definition) is 2. The molecule has 4 nitrogen and oxygen atoms in total. The largest absolute Gasteiger partial charge is 0.358 e. The van der Waals surface area contributed by atoms with Gasteiger partial charge in [0.2, 0.25) is 11.8 Å². The van der Waals surface area contributed by atoms with E-state index < -0.39 is 5.41 Å². The van der Waals surface area contributed by atoms with Crippen LogP contribution in [0.2, 0.25) is 0 Å². The minimum atomic E-state index is -0.923. The minimum absolute atomic E-state index is 0.164. The first-order valence-electron chi connectivity index (χ1n) is 7.87. The predicted molar refractivity (Wildman–Crippen MR) is 80.0 cm³/mol. The van der Waals surface area contributed by atoms with E-state index in [4.69, 9.17) is 0 Å². The van der Waals surface area contributed by atoms with Gasteiger partial charge in [0.25, 0.3) is 0 Å². The average molecular weight is 302 g/mol. The molecule has 0 unspecified atom stereocenters. The summed E-state index contributed by atoms with van der Waals surface area (Å²) in [5, 5.41) is 2.60. The van der Waals surface area contributed by atoms with E-state index in [0.29, 0.717) is 30.6 Å². The Labute approximate surface area is 128 Å². The lowest BCUT2D eigenvalue weighted by molar-refractivity contribution is -0.135. The van der Waals surface area contributed by atoms with Gasteiger partial charge in [0, 0.05) is 24.6 Å². The summed E-state index contributed by atoms with van der Waals surface area (Å²) >= 11 is 0. The zero-order valence-electron chi connectivity index (χ0n) is 12.6. The number of nitrogens with zero attached hydrogens (tertiary/aromatic N) is 1. The molecule has 1 heterocycles. The smallest absolute Gasteiger partial charge is 0.242 e. The van der Waals surface area contributed by atoms with Gasteiger partial charge in [0.1, 0.15) is 11.2 Å². The normalized spacial score (nSPS) is 22.9. The van der Waals surface area contributed by atoms with E-state index in [-0.39, 0.29) is 23.0 Å². The topological polar surface area (TPSA) is 49.4 Å². The van der Waals surface area contributed by atoms with E-state index in [0.717, 1.165) is 19.3 Å². The Morgan fingerprint density at radius 3 is 2.50 bits per heavy atom. The first-order valence-corrected chi connectivity index (χ1v) is 7.87. The lowest BCUT2D eigenvalue weighted by Gasteiger charge is -2.39. The molecule has 0 aromatic heterocycles. The summed E-state index contributed by atoms with van der Waals surface area (Å²) in [6.07, 6.45) is 4.06. The Balaban J connectivity index is 1.75. The SMILES string of the molecule is CNC(=O)C1(C(=O)N2CC3(CCC3)c3c(F)cccc32)CC1. The highest BCUT2D eigenvalue weighted by atomic mass is 19.1. The maximum atomic E-state index is 14.4. The molecule has 0 radical (unpaired) electrons. The fourth-order valence-electron chi connectivity index (χ4n) is 4.08. The van der Waals surface area contributed by atoms with E-state index >= 15 is 0 Å². The maximum absolute atomic E-state index is 14.4. The van der Waals surface area contributed by atoms with Gasteiger partial charge in [0.15, 0.2) is 0 Å². The van der Waals surface area contributed by atoms with E-state index in [9.17, 15) is 14.0 Å². The number of carbonyl (C=O) groups is 2. The molecule has 2 amide bonds. The Hall–Kier alpha value is -1.91. The van der Waals surface area contributed by atoms with Crippen LogP contribution in [-0.2, 0) is 15.0 Å². The third-order valence-electron chi connectivity index (χ3n) is 5.65. The third kappa shape index (κ3) is 1.57. The molecular weight excluding hydrogens is 283 g/mol. The Bertz CT molecular complexity index is 677. The predicted octanol–water partition coefficient (Wildman–Crippen LogP) is 2.12. The van der Waals surface area contributed by atoms with Crippen LogP contribution in [-0.4, -0.2) is 25.4 Å². The van der Waals surface area contributed by atoms with Crippen LogP contribution in [0.25, 0.3) is 0 Å². The summed E-state index contributed by atoms with van der Waals surface area (Å²) in [7, 11) is 1.56. The number of fused-ring (bicyclic) bond motifs is 2. The van der Waals surface area contributed by atoms with Crippen molar-refractivity contribution in [2.75, 3.05) is 18.5 Å². The van der Waals surface area contributed by atoms with E-state index in [1.54, 1.807) is 18.0 Å². The highest BCUT2D eigenvalue weighted by Crippen LogP contribution is 2.56. The van der Waals surface area contributed by atoms with Crippen molar-refractivity contribution >= 4 is 17.5 Å². The van der Waals surface area contributed by atoms with E-state index in [1.165, 1.54) is 6.07 Å². The van der Waals surface area contributed by atoms with Crippen molar-refractivity contribution in [1.29, 1.82) is 0 Å². The van der Waals surface area contributed by atoms with Crippen molar-refractivity contribution in [3.63, 3.8) is 0 Å². The van der Waals surface area contributed by atoms with E-state index in [2.05, 4.69) is 5.32 Å². The van der Waals surface area contributed by atoms with Crippen LogP contribution >= 0.6 is 0 Å². The summed E-state index contributed by atoms with van der Waals surface area (Å²) in [5.74, 6) is -0.607. The molecule has 1 aromatic carbocycles. The van der Waals surface area contributed by atoms with Gasteiger partial charge in [-0.3, -0.25) is 9.59 Å².